The van der Waals surface area contributed by atoms with Crippen molar-refractivity contribution in [3.8, 4) is 0 Å². The van der Waals surface area contributed by atoms with Gasteiger partial charge in [-0.15, -0.1) is 0 Å². The second kappa shape index (κ2) is 8.57. The van der Waals surface area contributed by atoms with Crippen LogP contribution in [0.5, 0.6) is 0 Å². The van der Waals surface area contributed by atoms with Gasteiger partial charge in [-0.1, -0.05) is 6.07 Å². The molecule has 0 atom stereocenters. The molecular weight excluding hydrogens is 530 g/mol. The van der Waals surface area contributed by atoms with E-state index in [0.717, 1.165) is 0 Å². The summed E-state index contributed by atoms with van der Waals surface area (Å²) in [6.07, 6.45) is -13.7. The average molecular weight is 534 g/mol. The second-order valence-electron chi connectivity index (χ2n) is 5.55. The highest BCUT2D eigenvalue weighted by atomic mass is 32.2. The van der Waals surface area contributed by atoms with Gasteiger partial charge in [0.15, 0.2) is 0 Å². The summed E-state index contributed by atoms with van der Waals surface area (Å²) in [4.78, 5) is 20.7. The van der Waals surface area contributed by atoms with Gasteiger partial charge in [0.05, 0.1) is 0 Å². The molecule has 0 fully saturated rings. The fourth-order valence-electron chi connectivity index (χ4n) is 1.56. The molecule has 1 aromatic rings. The first-order valence-corrected chi connectivity index (χ1v) is 8.82. The third-order valence-corrected chi connectivity index (χ3v) is 5.10. The lowest BCUT2D eigenvalue weighted by atomic mass is 10.2. The number of benzene rings is 1. The van der Waals surface area contributed by atoms with Crippen LogP contribution in [-0.4, -0.2) is 46.3 Å². The van der Waals surface area contributed by atoms with E-state index in [1.165, 1.54) is 0 Å². The molecule has 0 aliphatic heterocycles. The Bertz CT molecular complexity index is 808. The SMILES string of the molecule is O=C(Sc1cccc(SC(=O)C(F)(F)C(F)(F)C(F)(F)F)c1)C(F)(F)C(F)(F)C(F)(F)F. The van der Waals surface area contributed by atoms with Gasteiger partial charge in [-0.25, -0.2) is 0 Å². The summed E-state index contributed by atoms with van der Waals surface area (Å²) in [5.41, 5.74) is 0. The largest absolute Gasteiger partial charge is 0.460 e. The highest BCUT2D eigenvalue weighted by Crippen LogP contribution is 2.50. The highest BCUT2D eigenvalue weighted by Gasteiger charge is 2.77. The molecule has 0 unspecified atom stereocenters. The molecule has 0 aliphatic rings. The standard InChI is InChI=1S/C14H4F14O2S2/c15-9(16,11(19,20)13(23,24)25)7(29)31-5-2-1-3-6(4-5)32-8(30)10(17,18)12(21,22)14(26,27)28/h1-4H. The molecule has 32 heavy (non-hydrogen) atoms. The molecule has 0 bridgehead atoms. The third kappa shape index (κ3) is 5.09. The number of hydrogen-bond acceptors (Lipinski definition) is 4. The molecule has 0 saturated heterocycles. The van der Waals surface area contributed by atoms with Crippen molar-refractivity contribution in [2.24, 2.45) is 0 Å². The maximum Gasteiger partial charge on any atom is 0.460 e. The number of carbonyl (C=O) groups excluding carboxylic acids is 2. The third-order valence-electron chi connectivity index (χ3n) is 3.24. The molecular formula is C14H4F14O2S2. The summed E-state index contributed by atoms with van der Waals surface area (Å²) in [6, 6.07) is 2.06. The molecule has 182 valence electrons. The highest BCUT2D eigenvalue weighted by molar-refractivity contribution is 8.14. The van der Waals surface area contributed by atoms with Crippen LogP contribution in [0.1, 0.15) is 0 Å². The molecule has 1 aromatic carbocycles. The minimum absolute atomic E-state index is 0.259. The Kier molecular flexibility index (Phi) is 7.58. The predicted molar refractivity (Wildman–Crippen MR) is 80.1 cm³/mol. The van der Waals surface area contributed by atoms with Crippen LogP contribution in [0, 0.1) is 0 Å². The van der Waals surface area contributed by atoms with E-state index in [1.54, 1.807) is 0 Å². The van der Waals surface area contributed by atoms with Gasteiger partial charge >= 0.3 is 36.0 Å². The zero-order valence-electron chi connectivity index (χ0n) is 14.2. The number of rotatable bonds is 6. The zero-order valence-corrected chi connectivity index (χ0v) is 15.9. The van der Waals surface area contributed by atoms with Crippen molar-refractivity contribution in [3.63, 3.8) is 0 Å². The minimum atomic E-state index is -6.84. The van der Waals surface area contributed by atoms with Crippen molar-refractivity contribution in [1.82, 2.24) is 0 Å². The predicted octanol–water partition coefficient (Wildman–Crippen LogP) is 6.59. The number of carbonyl (C=O) groups is 2. The fourth-order valence-corrected chi connectivity index (χ4v) is 3.24. The Balaban J connectivity index is 3.12. The van der Waals surface area contributed by atoms with Crippen LogP contribution in [-0.2, 0) is 9.59 Å². The Morgan fingerprint density at radius 1 is 0.562 bits per heavy atom. The summed E-state index contributed by atoms with van der Waals surface area (Å²) in [7, 11) is 0. The van der Waals surface area contributed by atoms with Gasteiger partial charge in [0.2, 0.25) is 0 Å². The van der Waals surface area contributed by atoms with E-state index in [2.05, 4.69) is 0 Å². The molecule has 0 radical (unpaired) electrons. The molecule has 0 spiro atoms. The van der Waals surface area contributed by atoms with Crippen molar-refractivity contribution >= 4 is 33.8 Å². The average Bonchev–Trinajstić information content (AvgIpc) is 2.59. The second-order valence-corrected chi connectivity index (χ2v) is 7.64. The summed E-state index contributed by atoms with van der Waals surface area (Å²) >= 11 is -1.91. The van der Waals surface area contributed by atoms with Crippen LogP contribution in [0.25, 0.3) is 0 Å². The normalized spacial score (nSPS) is 14.4. The van der Waals surface area contributed by atoms with Crippen LogP contribution in [0.4, 0.5) is 61.5 Å². The zero-order chi connectivity index (χ0) is 25.6. The van der Waals surface area contributed by atoms with Gasteiger partial charge < -0.3 is 0 Å². The lowest BCUT2D eigenvalue weighted by Crippen LogP contribution is -2.55. The Labute approximate surface area is 175 Å². The van der Waals surface area contributed by atoms with E-state index in [1.807, 2.05) is 0 Å². The maximum atomic E-state index is 13.3. The number of hydrogen-bond donors (Lipinski definition) is 0. The summed E-state index contributed by atoms with van der Waals surface area (Å²) in [6.45, 7) is 0. The molecule has 18 heteroatoms. The van der Waals surface area contributed by atoms with E-state index in [0.29, 0.717) is 18.2 Å². The van der Waals surface area contributed by atoms with Gasteiger partial charge in [0.1, 0.15) is 0 Å². The van der Waals surface area contributed by atoms with E-state index < -0.39 is 79.6 Å². The van der Waals surface area contributed by atoms with Gasteiger partial charge in [0.25, 0.3) is 10.2 Å². The smallest absolute Gasteiger partial charge is 0.280 e. The first kappa shape index (κ1) is 28.3. The van der Waals surface area contributed by atoms with Crippen molar-refractivity contribution in [2.45, 2.75) is 45.8 Å². The molecule has 0 saturated carbocycles. The van der Waals surface area contributed by atoms with Crippen molar-refractivity contribution < 1.29 is 71.1 Å². The van der Waals surface area contributed by atoms with Crippen molar-refractivity contribution in [3.05, 3.63) is 24.3 Å². The van der Waals surface area contributed by atoms with Gasteiger partial charge in [-0.05, 0) is 41.7 Å². The van der Waals surface area contributed by atoms with E-state index in [-0.39, 0.29) is 6.07 Å². The lowest BCUT2D eigenvalue weighted by molar-refractivity contribution is -0.341. The quantitative estimate of drug-likeness (QED) is 0.305. The number of thioether (sulfide) groups is 2. The molecule has 1 rings (SSSR count). The van der Waals surface area contributed by atoms with Crippen molar-refractivity contribution in [1.29, 1.82) is 0 Å². The number of alkyl halides is 14. The Morgan fingerprint density at radius 3 is 1.09 bits per heavy atom. The summed E-state index contributed by atoms with van der Waals surface area (Å²) < 4.78 is 177. The molecule has 0 N–H and O–H groups in total. The first-order valence-electron chi connectivity index (χ1n) is 7.19. The van der Waals surface area contributed by atoms with Gasteiger partial charge in [-0.2, -0.15) is 61.5 Å². The summed E-state index contributed by atoms with van der Waals surface area (Å²) in [5.74, 6) is -26.2. The van der Waals surface area contributed by atoms with E-state index in [4.69, 9.17) is 0 Å². The topological polar surface area (TPSA) is 34.1 Å². The first-order chi connectivity index (χ1) is 14.0. The Morgan fingerprint density at radius 2 is 0.844 bits per heavy atom. The van der Waals surface area contributed by atoms with E-state index in [9.17, 15) is 71.1 Å². The van der Waals surface area contributed by atoms with Crippen molar-refractivity contribution in [2.75, 3.05) is 0 Å². The maximum absolute atomic E-state index is 13.3. The molecule has 0 aromatic heterocycles. The summed E-state index contributed by atoms with van der Waals surface area (Å²) in [5, 5.41) is -6.13. The van der Waals surface area contributed by atoms with E-state index >= 15 is 0 Å². The van der Waals surface area contributed by atoms with Gasteiger partial charge in [-0.3, -0.25) is 9.59 Å². The van der Waals surface area contributed by atoms with Crippen LogP contribution in [0.2, 0.25) is 0 Å². The molecule has 0 amide bonds. The van der Waals surface area contributed by atoms with Crippen LogP contribution in [0.3, 0.4) is 0 Å². The van der Waals surface area contributed by atoms with Crippen LogP contribution < -0.4 is 0 Å². The molecule has 2 nitrogen and oxygen atoms in total. The number of halogens is 14. The fraction of sp³-hybridized carbons (Fsp3) is 0.429. The lowest BCUT2D eigenvalue weighted by Gasteiger charge is -2.26. The Hall–Kier alpha value is -1.72. The van der Waals surface area contributed by atoms with Crippen LogP contribution in [0.15, 0.2) is 34.1 Å². The monoisotopic (exact) mass is 534 g/mol. The van der Waals surface area contributed by atoms with Gasteiger partial charge in [0, 0.05) is 9.79 Å². The minimum Gasteiger partial charge on any atom is -0.280 e. The van der Waals surface area contributed by atoms with Crippen LogP contribution >= 0.6 is 23.5 Å². The molecule has 0 heterocycles. The molecule has 0 aliphatic carbocycles.